The molecule has 0 bridgehead atoms. The van der Waals surface area contributed by atoms with Crippen LogP contribution < -0.4 is 102 Å². The fourth-order valence-electron chi connectivity index (χ4n) is 15.3. The number of hydrogen-bond donors (Lipinski definition) is 25. The van der Waals surface area contributed by atoms with Gasteiger partial charge in [-0.05, 0) is 112 Å². The van der Waals surface area contributed by atoms with Crippen molar-refractivity contribution in [3.8, 4) is 0 Å². The van der Waals surface area contributed by atoms with Gasteiger partial charge < -0.3 is 132 Å². The summed E-state index contributed by atoms with van der Waals surface area (Å²) >= 11 is 0. The van der Waals surface area contributed by atoms with Crippen molar-refractivity contribution in [2.75, 3.05) is 72.4 Å². The second-order valence-electron chi connectivity index (χ2n) is 34.4. The van der Waals surface area contributed by atoms with Crippen LogP contribution in [0.1, 0.15) is 216 Å². The molecule has 1 fully saturated rings. The Morgan fingerprint density at radius 1 is 0.536 bits per heavy atom. The fourth-order valence-corrected chi connectivity index (χ4v) is 15.3. The Bertz CT molecular complexity index is 4720. The topological polar surface area (TPSA) is 742 Å². The Kier molecular flexibility index (Phi) is 54.3. The predicted molar refractivity (Wildman–Crippen MR) is 511 cm³/mol. The number of aliphatic hydroxyl groups is 2. The molecule has 17 amide bonds. The molecule has 140 heavy (non-hydrogen) atoms. The van der Waals surface area contributed by atoms with E-state index in [1.54, 1.807) is 49.5 Å². The standard InChI is InChI=1S/C92H143N27O21/c1-3-4-30-65(109-90(137)74(55-121)115-88(135)72(50-61-52-97-57-104-61)114-85(132)68(37-39-75(93)123)111-89(136)73(54-120)105-79(126)53-103-80(127)56-140-47-46-139-45-44-99-77(124)36-20-15-13-11-9-7-5-6-8-10-12-14-19-35-76-116-118-119-117-76)81(128)110-69-38-40-78(125)98-41-24-23-31-63(58(2)122)106-87(134)71(49-60-51-102-64-32-22-21-29-62(60)64)113-83(130)67(33-25-42-100-91(94)95)108-86(133)70(48-59-27-17-16-18-28-59)112-82(129)66(107-84(69)131)34-26-43-101-92(96)138/h16-18,21-22,27-29,32,51-52,57,63,65-74,102,120-121H,3-15,19-20,23-26,30-31,33-50,53-56H2,1-2H3,(H2,93,123)(H,97,104)(H,98,125)(H,99,124)(H,103,127)(H,105,126)(H,106,134)(H,107,131)(H,108,133)(H,109,137)(H,110,128)(H,111,136)(H,112,129)(H,113,130)(H,114,132)(H,115,135)(H4,94,95,100)(H3,96,101,138)(H,116,117,118,119)/t63-,65-,66-,67-,68+,69-,70+,71-,72-,73-,74-/m0/s1. The first-order valence-corrected chi connectivity index (χ1v) is 48.1. The molecule has 1 aliphatic rings. The highest BCUT2D eigenvalue weighted by Crippen LogP contribution is 2.22. The van der Waals surface area contributed by atoms with E-state index < -0.39 is 219 Å². The summed E-state index contributed by atoms with van der Waals surface area (Å²) in [7, 11) is 0. The number of para-hydroxylation sites is 1. The molecule has 0 spiro atoms. The normalized spacial score (nSPS) is 17.5. The number of amides is 17. The van der Waals surface area contributed by atoms with Gasteiger partial charge in [-0.15, -0.1) is 5.10 Å². The SMILES string of the molecule is CCCC[C@H](NC(=O)[C@H](CO)NC(=O)[C@H](Cc1c[nH]cn1)NC(=O)[C@@H](CCC(N)=O)NC(=O)[C@H](CO)NC(=O)CNC(=O)COCCOCCNC(=O)CCCCCCCCCCCCCCCc1nnn[nH]1)C(=O)N[C@H]1CCC(=O)NCCCC[C@@H](C(C)=O)NC(=O)[C@H](Cc2c[nH]c3ccccc23)NC(=O)[C@H](CCCNC(=N)N)NC(=O)[C@@H](Cc2ccccc2)NC(=O)[C@H](CCCNC(N)=O)NC1=O. The molecule has 0 unspecified atom stereocenters. The highest BCUT2D eigenvalue weighted by molar-refractivity contribution is 6.00. The van der Waals surface area contributed by atoms with Crippen molar-refractivity contribution in [2.24, 2.45) is 17.2 Å². The number of imidazole rings is 1. The van der Waals surface area contributed by atoms with E-state index in [1.807, 2.05) is 18.2 Å². The number of tetrazole rings is 1. The molecule has 28 N–H and O–H groups in total. The highest BCUT2D eigenvalue weighted by Gasteiger charge is 2.38. The van der Waals surface area contributed by atoms with Crippen LogP contribution in [0.4, 0.5) is 4.79 Å². The van der Waals surface area contributed by atoms with Crippen molar-refractivity contribution in [1.82, 2.24) is 121 Å². The van der Waals surface area contributed by atoms with Gasteiger partial charge in [0.05, 0.1) is 57.6 Å². The molecule has 2 aromatic carbocycles. The maximum absolute atomic E-state index is 15.1. The van der Waals surface area contributed by atoms with E-state index in [1.165, 1.54) is 70.8 Å². The van der Waals surface area contributed by atoms with Crippen LogP contribution in [0.3, 0.4) is 0 Å². The van der Waals surface area contributed by atoms with Gasteiger partial charge in [0.2, 0.25) is 88.6 Å². The zero-order valence-corrected chi connectivity index (χ0v) is 79.9. The molecule has 0 aliphatic carbocycles. The predicted octanol–water partition coefficient (Wildman–Crippen LogP) is -2.44. The first-order valence-electron chi connectivity index (χ1n) is 48.1. The van der Waals surface area contributed by atoms with Crippen LogP contribution in [0.2, 0.25) is 0 Å². The summed E-state index contributed by atoms with van der Waals surface area (Å²) < 4.78 is 10.8. The van der Waals surface area contributed by atoms with E-state index in [0.29, 0.717) is 24.0 Å². The molecule has 48 nitrogen and oxygen atoms in total. The van der Waals surface area contributed by atoms with Crippen molar-refractivity contribution in [2.45, 2.75) is 286 Å². The number of nitrogens with zero attached hydrogens (tertiary/aromatic N) is 4. The number of benzene rings is 2. The number of aromatic amines is 3. The number of carbonyl (C=O) groups is 17. The zero-order valence-electron chi connectivity index (χ0n) is 79.9. The molecule has 0 radical (unpaired) electrons. The summed E-state index contributed by atoms with van der Waals surface area (Å²) in [5.74, 6) is -13.8. The van der Waals surface area contributed by atoms with Gasteiger partial charge in [-0.3, -0.25) is 82.1 Å². The van der Waals surface area contributed by atoms with Gasteiger partial charge in [0, 0.05) is 94.4 Å². The minimum absolute atomic E-state index is 0.000435. The van der Waals surface area contributed by atoms with Crippen molar-refractivity contribution in [3.05, 3.63) is 96.0 Å². The average Bonchev–Trinajstić information content (AvgIpc) is 1.69. The quantitative estimate of drug-likeness (QED) is 0.0109. The van der Waals surface area contributed by atoms with Gasteiger partial charge in [-0.1, -0.05) is 139 Å². The van der Waals surface area contributed by atoms with Crippen molar-refractivity contribution in [3.63, 3.8) is 0 Å². The van der Waals surface area contributed by atoms with Crippen LogP contribution in [0.5, 0.6) is 0 Å². The minimum Gasteiger partial charge on any atom is -0.394 e. The summed E-state index contributed by atoms with van der Waals surface area (Å²) in [6.07, 6.45) is 18.2. The molecule has 48 heteroatoms. The molecular weight excluding hydrogens is 1820 g/mol. The summed E-state index contributed by atoms with van der Waals surface area (Å²) in [5, 5.41) is 84.6. The number of aryl methyl sites for hydroxylation is 1. The number of primary amides is 2. The molecule has 772 valence electrons. The Morgan fingerprint density at radius 2 is 1.11 bits per heavy atom. The number of unbranched alkanes of at least 4 members (excludes halogenated alkanes) is 13. The summed E-state index contributed by atoms with van der Waals surface area (Å²) in [6, 6.07) is -3.04. The summed E-state index contributed by atoms with van der Waals surface area (Å²) in [6.45, 7) is 0.0163. The van der Waals surface area contributed by atoms with Gasteiger partial charge in [-0.25, -0.2) is 14.9 Å². The van der Waals surface area contributed by atoms with Crippen LogP contribution in [-0.2, 0) is 112 Å². The number of carbonyl (C=O) groups excluding carboxylic acids is 17. The number of hydrogen-bond acceptors (Lipinski definition) is 26. The monoisotopic (exact) mass is 1960 g/mol. The van der Waals surface area contributed by atoms with Gasteiger partial charge >= 0.3 is 6.03 Å². The van der Waals surface area contributed by atoms with Crippen molar-refractivity contribution in [1.29, 1.82) is 5.41 Å². The Morgan fingerprint density at radius 3 is 1.73 bits per heavy atom. The second-order valence-corrected chi connectivity index (χ2v) is 34.4. The Balaban J connectivity index is 1.09. The lowest BCUT2D eigenvalue weighted by atomic mass is 10.0. The number of fused-ring (bicyclic) bond motifs is 1. The van der Waals surface area contributed by atoms with Crippen LogP contribution in [0.15, 0.2) is 73.3 Å². The van der Waals surface area contributed by atoms with E-state index in [0.717, 1.165) is 55.3 Å². The third kappa shape index (κ3) is 46.2. The van der Waals surface area contributed by atoms with Gasteiger partial charge in [0.1, 0.15) is 72.8 Å². The maximum Gasteiger partial charge on any atom is 0.312 e. The largest absolute Gasteiger partial charge is 0.394 e. The molecular formula is C92H143N27O21. The minimum atomic E-state index is -1.93. The molecule has 4 heterocycles. The first-order chi connectivity index (χ1) is 67.4. The lowest BCUT2D eigenvalue weighted by molar-refractivity contribution is -0.137. The number of ether oxygens (including phenoxy) is 2. The van der Waals surface area contributed by atoms with Crippen LogP contribution in [0, 0.1) is 5.41 Å². The molecule has 1 saturated heterocycles. The maximum atomic E-state index is 15.1. The third-order valence-electron chi connectivity index (χ3n) is 23.1. The summed E-state index contributed by atoms with van der Waals surface area (Å²) in [5.41, 5.74) is 18.4. The fraction of sp³-hybridized carbons (Fsp3) is 0.609. The number of rotatable bonds is 60. The molecule has 1 aliphatic heterocycles. The van der Waals surface area contributed by atoms with E-state index in [2.05, 4.69) is 121 Å². The van der Waals surface area contributed by atoms with Crippen molar-refractivity contribution >= 4 is 117 Å². The molecule has 3 aromatic heterocycles. The molecule has 6 rings (SSSR count). The number of aromatic nitrogens is 7. The second kappa shape index (κ2) is 66.0. The molecule has 0 saturated carbocycles. The lowest BCUT2D eigenvalue weighted by Crippen LogP contribution is -2.61. The Hall–Kier alpha value is -13.6. The third-order valence-corrected chi connectivity index (χ3v) is 23.1. The number of urea groups is 1. The Labute approximate surface area is 812 Å². The average molecular weight is 1960 g/mol. The van der Waals surface area contributed by atoms with Crippen LogP contribution in [0.25, 0.3) is 10.9 Å². The van der Waals surface area contributed by atoms with Crippen LogP contribution in [-0.4, -0.2) is 291 Å². The van der Waals surface area contributed by atoms with Gasteiger partial charge in [-0.2, -0.15) is 0 Å². The summed E-state index contributed by atoms with van der Waals surface area (Å²) in [4.78, 5) is 246. The number of Topliss-reactive ketones (excluding diaryl/α,β-unsaturated/α-hetero) is 1. The smallest absolute Gasteiger partial charge is 0.312 e. The van der Waals surface area contributed by atoms with E-state index in [4.69, 9.17) is 32.1 Å². The zero-order chi connectivity index (χ0) is 102. The highest BCUT2D eigenvalue weighted by atomic mass is 16.5. The van der Waals surface area contributed by atoms with E-state index >= 15 is 14.4 Å². The number of aliphatic hydroxyl groups excluding tert-OH is 2. The number of nitrogens with two attached hydrogens (primary N) is 3. The van der Waals surface area contributed by atoms with E-state index in [-0.39, 0.29) is 134 Å². The lowest BCUT2D eigenvalue weighted by Gasteiger charge is -2.28. The number of H-pyrrole nitrogens is 3. The van der Waals surface area contributed by atoms with Gasteiger partial charge in [0.15, 0.2) is 11.7 Å². The number of ketones is 1. The number of nitrogens with one attached hydrogen (secondary N) is 20. The van der Waals surface area contributed by atoms with Crippen LogP contribution >= 0.6 is 0 Å². The number of guanidine groups is 1. The molecule has 11 atom stereocenters. The van der Waals surface area contributed by atoms with E-state index in [9.17, 15) is 77.3 Å². The molecule has 5 aromatic rings. The van der Waals surface area contributed by atoms with Crippen molar-refractivity contribution < 1.29 is 101 Å². The van der Waals surface area contributed by atoms with Gasteiger partial charge in [0.25, 0.3) is 0 Å². The first kappa shape index (κ1) is 115.